The number of hydrogen-bond acceptors (Lipinski definition) is 2. The standard InChI is InChI=1S/C17H27NO/c1-12-3-7-14(8-4-12)16(11-18)17(19)15-9-5-13(2)6-10-15/h3-4,7-8,13,15-17,19H,5-6,9-11,18H2,1-2H3. The molecule has 1 aliphatic carbocycles. The molecule has 1 aromatic carbocycles. The van der Waals surface area contributed by atoms with E-state index in [4.69, 9.17) is 5.73 Å². The summed E-state index contributed by atoms with van der Waals surface area (Å²) in [7, 11) is 0. The van der Waals surface area contributed by atoms with Crippen LogP contribution in [0, 0.1) is 18.8 Å². The molecule has 1 fully saturated rings. The van der Waals surface area contributed by atoms with Crippen LogP contribution in [0.2, 0.25) is 0 Å². The Kier molecular flexibility index (Phi) is 5.00. The number of nitrogens with two attached hydrogens (primary N) is 1. The van der Waals surface area contributed by atoms with Gasteiger partial charge in [-0.1, -0.05) is 49.6 Å². The van der Waals surface area contributed by atoms with Crippen molar-refractivity contribution in [2.45, 2.75) is 51.6 Å². The van der Waals surface area contributed by atoms with Gasteiger partial charge in [-0.15, -0.1) is 0 Å². The van der Waals surface area contributed by atoms with Gasteiger partial charge in [0.2, 0.25) is 0 Å². The number of benzene rings is 1. The first-order valence-electron chi connectivity index (χ1n) is 7.56. The van der Waals surface area contributed by atoms with Gasteiger partial charge in [-0.05, 0) is 37.2 Å². The van der Waals surface area contributed by atoms with E-state index in [9.17, 15) is 5.11 Å². The second-order valence-corrected chi connectivity index (χ2v) is 6.26. The quantitative estimate of drug-likeness (QED) is 0.874. The summed E-state index contributed by atoms with van der Waals surface area (Å²) in [4.78, 5) is 0. The van der Waals surface area contributed by atoms with E-state index in [1.165, 1.54) is 24.0 Å². The van der Waals surface area contributed by atoms with Crippen LogP contribution < -0.4 is 5.73 Å². The summed E-state index contributed by atoms with van der Waals surface area (Å²) >= 11 is 0. The molecule has 1 aromatic rings. The van der Waals surface area contributed by atoms with E-state index in [-0.39, 0.29) is 12.0 Å². The molecule has 0 radical (unpaired) electrons. The van der Waals surface area contributed by atoms with Gasteiger partial charge in [-0.2, -0.15) is 0 Å². The van der Waals surface area contributed by atoms with Gasteiger partial charge in [0.25, 0.3) is 0 Å². The van der Waals surface area contributed by atoms with Crippen LogP contribution in [0.25, 0.3) is 0 Å². The zero-order valence-electron chi connectivity index (χ0n) is 12.2. The Bertz CT molecular complexity index is 379. The maximum atomic E-state index is 10.7. The summed E-state index contributed by atoms with van der Waals surface area (Å²) in [5.41, 5.74) is 8.35. The van der Waals surface area contributed by atoms with E-state index in [1.807, 2.05) is 0 Å². The van der Waals surface area contributed by atoms with Gasteiger partial charge in [0.1, 0.15) is 0 Å². The molecule has 2 unspecified atom stereocenters. The van der Waals surface area contributed by atoms with Crippen LogP contribution >= 0.6 is 0 Å². The van der Waals surface area contributed by atoms with E-state index in [0.29, 0.717) is 12.5 Å². The molecule has 2 nitrogen and oxygen atoms in total. The minimum absolute atomic E-state index is 0.0824. The smallest absolute Gasteiger partial charge is 0.0648 e. The molecule has 2 rings (SSSR count). The van der Waals surface area contributed by atoms with E-state index in [1.54, 1.807) is 0 Å². The Balaban J connectivity index is 2.06. The second-order valence-electron chi connectivity index (χ2n) is 6.26. The number of aryl methyl sites for hydroxylation is 1. The van der Waals surface area contributed by atoms with Crippen molar-refractivity contribution in [1.29, 1.82) is 0 Å². The first-order chi connectivity index (χ1) is 9.11. The van der Waals surface area contributed by atoms with Crippen molar-refractivity contribution in [2.24, 2.45) is 17.6 Å². The predicted molar refractivity (Wildman–Crippen MR) is 80.1 cm³/mol. The number of aliphatic hydroxyl groups excluding tert-OH is 1. The van der Waals surface area contributed by atoms with Gasteiger partial charge in [0, 0.05) is 12.5 Å². The van der Waals surface area contributed by atoms with Gasteiger partial charge in [-0.3, -0.25) is 0 Å². The van der Waals surface area contributed by atoms with Crippen molar-refractivity contribution < 1.29 is 5.11 Å². The lowest BCUT2D eigenvalue weighted by Crippen LogP contribution is -2.34. The van der Waals surface area contributed by atoms with E-state index in [0.717, 1.165) is 18.8 Å². The third-order valence-corrected chi connectivity index (χ3v) is 4.72. The molecule has 106 valence electrons. The maximum absolute atomic E-state index is 10.7. The molecule has 2 heteroatoms. The molecule has 0 saturated heterocycles. The van der Waals surface area contributed by atoms with Crippen LogP contribution in [0.15, 0.2) is 24.3 Å². The fraction of sp³-hybridized carbons (Fsp3) is 0.647. The van der Waals surface area contributed by atoms with Gasteiger partial charge in [0.05, 0.1) is 6.10 Å². The molecule has 0 heterocycles. The molecule has 0 amide bonds. The Morgan fingerprint density at radius 3 is 2.26 bits per heavy atom. The highest BCUT2D eigenvalue weighted by molar-refractivity contribution is 5.26. The zero-order chi connectivity index (χ0) is 13.8. The van der Waals surface area contributed by atoms with Crippen molar-refractivity contribution in [2.75, 3.05) is 6.54 Å². The van der Waals surface area contributed by atoms with Crippen molar-refractivity contribution >= 4 is 0 Å². The largest absolute Gasteiger partial charge is 0.392 e. The lowest BCUT2D eigenvalue weighted by atomic mass is 9.75. The first-order valence-corrected chi connectivity index (χ1v) is 7.56. The van der Waals surface area contributed by atoms with E-state index >= 15 is 0 Å². The van der Waals surface area contributed by atoms with Gasteiger partial charge in [0.15, 0.2) is 0 Å². The number of hydrogen-bond donors (Lipinski definition) is 2. The average Bonchev–Trinajstić information content (AvgIpc) is 2.42. The Hall–Kier alpha value is -0.860. The number of rotatable bonds is 4. The topological polar surface area (TPSA) is 46.2 Å². The molecule has 19 heavy (non-hydrogen) atoms. The molecule has 0 aliphatic heterocycles. The zero-order valence-corrected chi connectivity index (χ0v) is 12.2. The van der Waals surface area contributed by atoms with Crippen LogP contribution in [-0.2, 0) is 0 Å². The van der Waals surface area contributed by atoms with Gasteiger partial charge in [-0.25, -0.2) is 0 Å². The Morgan fingerprint density at radius 1 is 1.16 bits per heavy atom. The highest BCUT2D eigenvalue weighted by Crippen LogP contribution is 2.35. The molecular formula is C17H27NO. The Labute approximate surface area is 117 Å². The van der Waals surface area contributed by atoms with Crippen LogP contribution in [0.1, 0.15) is 49.7 Å². The van der Waals surface area contributed by atoms with Crippen LogP contribution in [0.5, 0.6) is 0 Å². The molecule has 2 atom stereocenters. The summed E-state index contributed by atoms with van der Waals surface area (Å²) in [5, 5.41) is 10.7. The second kappa shape index (κ2) is 6.53. The van der Waals surface area contributed by atoms with Crippen molar-refractivity contribution in [3.63, 3.8) is 0 Å². The molecule has 1 aliphatic rings. The Morgan fingerprint density at radius 2 is 1.74 bits per heavy atom. The fourth-order valence-corrected chi connectivity index (χ4v) is 3.24. The lowest BCUT2D eigenvalue weighted by molar-refractivity contribution is 0.0548. The molecule has 0 bridgehead atoms. The SMILES string of the molecule is Cc1ccc(C(CN)C(O)C2CCC(C)CC2)cc1. The third kappa shape index (κ3) is 3.58. The van der Waals surface area contributed by atoms with Crippen molar-refractivity contribution in [3.8, 4) is 0 Å². The molecule has 0 aromatic heterocycles. The summed E-state index contributed by atoms with van der Waals surface area (Å²) in [5.74, 6) is 1.32. The summed E-state index contributed by atoms with van der Waals surface area (Å²) in [6, 6.07) is 8.43. The van der Waals surface area contributed by atoms with E-state index < -0.39 is 0 Å². The fourth-order valence-electron chi connectivity index (χ4n) is 3.24. The van der Waals surface area contributed by atoms with Crippen LogP contribution in [-0.4, -0.2) is 17.8 Å². The van der Waals surface area contributed by atoms with Gasteiger partial charge >= 0.3 is 0 Å². The molecular weight excluding hydrogens is 234 g/mol. The third-order valence-electron chi connectivity index (χ3n) is 4.72. The van der Waals surface area contributed by atoms with E-state index in [2.05, 4.69) is 38.1 Å². The lowest BCUT2D eigenvalue weighted by Gasteiger charge is -2.34. The monoisotopic (exact) mass is 261 g/mol. The van der Waals surface area contributed by atoms with Crippen molar-refractivity contribution in [1.82, 2.24) is 0 Å². The van der Waals surface area contributed by atoms with Gasteiger partial charge < -0.3 is 10.8 Å². The molecule has 3 N–H and O–H groups in total. The summed E-state index contributed by atoms with van der Waals surface area (Å²) in [6.07, 6.45) is 4.48. The average molecular weight is 261 g/mol. The summed E-state index contributed by atoms with van der Waals surface area (Å²) in [6.45, 7) is 4.92. The molecule has 1 saturated carbocycles. The highest BCUT2D eigenvalue weighted by Gasteiger charge is 2.30. The van der Waals surface area contributed by atoms with Crippen LogP contribution in [0.4, 0.5) is 0 Å². The predicted octanol–water partition coefficient (Wildman–Crippen LogP) is 3.22. The summed E-state index contributed by atoms with van der Waals surface area (Å²) < 4.78 is 0. The highest BCUT2D eigenvalue weighted by atomic mass is 16.3. The molecule has 0 spiro atoms. The first kappa shape index (κ1) is 14.5. The van der Waals surface area contributed by atoms with Crippen LogP contribution in [0.3, 0.4) is 0 Å². The normalized spacial score (nSPS) is 26.9. The minimum atomic E-state index is -0.291. The minimum Gasteiger partial charge on any atom is -0.392 e. The van der Waals surface area contributed by atoms with Crippen molar-refractivity contribution in [3.05, 3.63) is 35.4 Å². The number of aliphatic hydroxyl groups is 1. The maximum Gasteiger partial charge on any atom is 0.0648 e.